The molecule has 25 nitrogen and oxygen atoms in total. The highest BCUT2D eigenvalue weighted by atomic mass is 32.2. The molecular weight excluding hydrogens is 1690 g/mol. The minimum absolute atomic E-state index is 0.0217. The van der Waals surface area contributed by atoms with E-state index in [9.17, 15) is 57.1 Å². The van der Waals surface area contributed by atoms with Gasteiger partial charge in [-0.05, 0) is 181 Å². The lowest BCUT2D eigenvalue weighted by molar-refractivity contribution is 0.0953. The van der Waals surface area contributed by atoms with E-state index in [-0.39, 0.29) is 69.5 Å². The number of piperazine rings is 1. The Hall–Kier alpha value is -6.69. The van der Waals surface area contributed by atoms with Crippen LogP contribution >= 0.6 is 0 Å². The first-order chi connectivity index (χ1) is 58.2. The number of sulfonamides is 5. The fraction of sp³-hybridized carbons (Fsp3) is 0.583. The van der Waals surface area contributed by atoms with Gasteiger partial charge in [0.2, 0.25) is 50.1 Å². The van der Waals surface area contributed by atoms with Gasteiger partial charge < -0.3 is 40.5 Å². The van der Waals surface area contributed by atoms with Gasteiger partial charge in [0.15, 0.2) is 0 Å². The topological polar surface area (TPSA) is 305 Å². The number of benzene rings is 6. The summed E-state index contributed by atoms with van der Waals surface area (Å²) in [5, 5.41) is 29.5. The van der Waals surface area contributed by atoms with Gasteiger partial charge in [0.25, 0.3) is 5.91 Å². The van der Waals surface area contributed by atoms with E-state index < -0.39 is 62.3 Å². The van der Waals surface area contributed by atoms with Gasteiger partial charge in [-0.1, -0.05) is 242 Å². The zero-order valence-corrected chi connectivity index (χ0v) is 84.1. The first kappa shape index (κ1) is 106. The molecular formula is C96H150N12O13S5. The van der Waals surface area contributed by atoms with Crippen molar-refractivity contribution in [1.82, 2.24) is 56.8 Å². The number of aromatic nitrogens is 2. The van der Waals surface area contributed by atoms with Crippen molar-refractivity contribution < 1.29 is 57.1 Å². The Morgan fingerprint density at radius 3 is 1.28 bits per heavy atom. The largest absolute Gasteiger partial charge is 0.391 e. The Kier molecular flexibility index (Phi) is 36.8. The van der Waals surface area contributed by atoms with Gasteiger partial charge in [-0.15, -0.1) is 0 Å². The number of likely N-dealkylation sites (N-methyl/N-ethyl adjacent to an activating group) is 2. The van der Waals surface area contributed by atoms with Crippen molar-refractivity contribution in [1.29, 1.82) is 0 Å². The molecule has 5 fully saturated rings. The van der Waals surface area contributed by atoms with Crippen molar-refractivity contribution in [3.8, 4) is 0 Å². The van der Waals surface area contributed by atoms with Gasteiger partial charge >= 0.3 is 0 Å². The van der Waals surface area contributed by atoms with Crippen LogP contribution in [0.3, 0.4) is 0 Å². The summed E-state index contributed by atoms with van der Waals surface area (Å²) in [5.41, 5.74) is 6.10. The molecule has 7 aromatic rings. The number of nitrogens with zero attached hydrogens (tertiary/aromatic N) is 9. The lowest BCUT2D eigenvalue weighted by Gasteiger charge is -2.33. The lowest BCUT2D eigenvalue weighted by Crippen LogP contribution is -2.52. The number of carbonyl (C=O) groups is 1. The summed E-state index contributed by atoms with van der Waals surface area (Å²) in [6.07, 6.45) is 6.11. The zero-order valence-electron chi connectivity index (χ0n) is 80.0. The van der Waals surface area contributed by atoms with E-state index in [1.165, 1.54) is 18.5 Å². The Morgan fingerprint density at radius 1 is 0.484 bits per heavy atom. The van der Waals surface area contributed by atoms with Crippen LogP contribution in [0.2, 0.25) is 0 Å². The lowest BCUT2D eigenvalue weighted by atomic mass is 9.86. The maximum Gasteiger partial charge on any atom is 0.251 e. The van der Waals surface area contributed by atoms with Crippen LogP contribution in [-0.2, 0) is 96.1 Å². The molecule has 5 N–H and O–H groups in total. The molecule has 6 aromatic carbocycles. The molecule has 1 aromatic heterocycles. The fourth-order valence-electron chi connectivity index (χ4n) is 15.9. The molecule has 7 atom stereocenters. The maximum atomic E-state index is 13.0. The van der Waals surface area contributed by atoms with E-state index in [1.54, 1.807) is 70.5 Å². The highest BCUT2D eigenvalue weighted by Crippen LogP contribution is 2.38. The van der Waals surface area contributed by atoms with Gasteiger partial charge in [-0.3, -0.25) is 4.79 Å². The van der Waals surface area contributed by atoms with Gasteiger partial charge in [0.1, 0.15) is 0 Å². The summed E-state index contributed by atoms with van der Waals surface area (Å²) in [7, 11) is -6.08. The molecule has 0 radical (unpaired) electrons. The van der Waals surface area contributed by atoms with Gasteiger partial charge in [0.05, 0.1) is 54.7 Å². The summed E-state index contributed by atoms with van der Waals surface area (Å²) < 4.78 is 139. The second-order valence-corrected chi connectivity index (χ2v) is 50.4. The molecule has 0 spiro atoms. The van der Waals surface area contributed by atoms with E-state index >= 15 is 0 Å². The number of imidazole rings is 1. The van der Waals surface area contributed by atoms with Gasteiger partial charge in [-0.25, -0.2) is 51.4 Å². The van der Waals surface area contributed by atoms with Gasteiger partial charge in [0, 0.05) is 116 Å². The number of hydrogen-bond donors (Lipinski definition) is 5. The molecule has 126 heavy (non-hydrogen) atoms. The number of amides is 1. The van der Waals surface area contributed by atoms with Gasteiger partial charge in [-0.2, -0.15) is 17.2 Å². The summed E-state index contributed by atoms with van der Waals surface area (Å²) in [6.45, 7) is 47.9. The quantitative estimate of drug-likeness (QED) is 0.0502. The van der Waals surface area contributed by atoms with Crippen LogP contribution < -0.4 is 16.0 Å². The Bertz CT molecular complexity index is 5320. The second kappa shape index (κ2) is 43.6. The molecule has 30 heteroatoms. The third kappa shape index (κ3) is 28.2. The molecule has 0 saturated carbocycles. The molecule has 12 rings (SSSR count). The molecule has 702 valence electrons. The summed E-state index contributed by atoms with van der Waals surface area (Å²) >= 11 is 0. The average molecular weight is 1840 g/mol. The number of nitrogens with one attached hydrogen (secondary N) is 3. The van der Waals surface area contributed by atoms with E-state index in [4.69, 9.17) is 0 Å². The Balaban J connectivity index is 0.000000207. The molecule has 7 unspecified atom stereocenters. The highest BCUT2D eigenvalue weighted by Gasteiger charge is 2.43. The summed E-state index contributed by atoms with van der Waals surface area (Å²) in [4.78, 5) is 22.4. The zero-order chi connectivity index (χ0) is 94.5. The number of β-amino-alcohol motifs (C(OH)–C–C–N with tert-alkyl or cyclic N) is 2. The number of hydrogen-bond acceptors (Lipinski definition) is 18. The smallest absolute Gasteiger partial charge is 0.251 e. The van der Waals surface area contributed by atoms with Crippen molar-refractivity contribution in [2.75, 3.05) is 120 Å². The SMILES string of the molecule is CC1CN(S(=O)(=O)c2ccccc2C(C)(C)C)CC1O.CCC1CN(S(=O)(=O)c2ccccc2C(C)(C)C)CCN1.CN(C)C1CCN(S(=O)(=O)c2ccccc2C(C)(C)C)C1.CN(C)C1CN(S(=O)(=O)c2ccccc2C(C)(C)C)CC1O.CN(CC1CCNC1)S(=O)(=O)c1ccccc1C(C)(C)C.Cn1cnc(CCNC(=O)c2cccc(C(C)(C)C)c2)c1. The summed E-state index contributed by atoms with van der Waals surface area (Å²) in [6, 6.07) is 44.6. The fourth-order valence-corrected chi connectivity index (χ4v) is 25.2. The number of carbonyl (C=O) groups excluding carboxylic acids is 1. The average Bonchev–Trinajstić information content (AvgIpc) is 1.66. The van der Waals surface area contributed by atoms with E-state index in [0.29, 0.717) is 94.4 Å². The number of rotatable bonds is 19. The Labute approximate surface area is 758 Å². The molecule has 5 aliphatic heterocycles. The van der Waals surface area contributed by atoms with E-state index in [2.05, 4.69) is 59.6 Å². The second-order valence-electron chi connectivity index (χ2n) is 40.7. The van der Waals surface area contributed by atoms with E-state index in [1.807, 2.05) is 253 Å². The minimum atomic E-state index is -3.61. The minimum Gasteiger partial charge on any atom is -0.391 e. The molecule has 5 saturated heterocycles. The molecule has 0 bridgehead atoms. The van der Waals surface area contributed by atoms with Crippen LogP contribution in [0.25, 0.3) is 0 Å². The first-order valence-corrected chi connectivity index (χ1v) is 51.3. The van der Waals surface area contributed by atoms with E-state index in [0.717, 1.165) is 78.8 Å². The van der Waals surface area contributed by atoms with Crippen molar-refractivity contribution in [2.45, 2.75) is 251 Å². The maximum absolute atomic E-state index is 13.0. The third-order valence-electron chi connectivity index (χ3n) is 23.7. The molecule has 5 aliphatic rings. The van der Waals surface area contributed by atoms with Crippen LogP contribution in [0.5, 0.6) is 0 Å². The normalized spacial score (nSPS) is 20.5. The molecule has 1 amide bonds. The predicted molar refractivity (Wildman–Crippen MR) is 509 cm³/mol. The monoisotopic (exact) mass is 1840 g/mol. The third-order valence-corrected chi connectivity index (χ3v) is 33.2. The number of aliphatic hydroxyl groups excluding tert-OH is 2. The van der Waals surface area contributed by atoms with Crippen LogP contribution in [-0.4, -0.2) is 250 Å². The number of aryl methyl sites for hydroxylation is 1. The van der Waals surface area contributed by atoms with Crippen molar-refractivity contribution >= 4 is 56.0 Å². The Morgan fingerprint density at radius 2 is 0.905 bits per heavy atom. The van der Waals surface area contributed by atoms with Crippen LogP contribution in [0.1, 0.15) is 207 Å². The first-order valence-electron chi connectivity index (χ1n) is 44.1. The van der Waals surface area contributed by atoms with Crippen molar-refractivity contribution in [3.05, 3.63) is 203 Å². The summed E-state index contributed by atoms with van der Waals surface area (Å²) in [5.74, 6) is 0.357. The number of aliphatic hydroxyl groups is 2. The van der Waals surface area contributed by atoms with Crippen molar-refractivity contribution in [2.24, 2.45) is 18.9 Å². The molecule has 0 aliphatic carbocycles. The van der Waals surface area contributed by atoms with Crippen LogP contribution in [0, 0.1) is 11.8 Å². The van der Waals surface area contributed by atoms with Crippen LogP contribution in [0.15, 0.2) is 183 Å². The van der Waals surface area contributed by atoms with Crippen molar-refractivity contribution in [3.63, 3.8) is 0 Å². The predicted octanol–water partition coefficient (Wildman–Crippen LogP) is 12.8. The van der Waals surface area contributed by atoms with Crippen LogP contribution in [0.4, 0.5) is 0 Å². The highest BCUT2D eigenvalue weighted by molar-refractivity contribution is 7.90. The standard InChI is InChI=1S/C17H23N3O.C16H26N2O3S.3C16H26N2O2S.C15H23NO3S/c1-17(2,3)14-7-5-6-13(10-14)16(21)18-9-8-15-11-20(4)12-19-15;1-16(2,3)12-8-6-7-9-15(12)22(20,21)18-10-13(17(4)5)14(19)11-18;1-16(2,3)14-8-6-7-9-15(14)21(19,20)18-11-10-13(12-18)17(4)5;1-16(2,3)14-7-5-6-8-15(14)21(19,20)18(4)12-13-9-10-17-11-13;1-5-13-12-18(11-10-17-13)21(19,20)15-9-7-6-8-14(15)16(2,3)4;1-11-9-16(10-13(11)17)20(18,19)14-8-6-5-7-12(14)15(2,3)4/h5-7,10-12H,8-9H2,1-4H3,(H,18,21);6-9,13-14,19H,10-11H2,1-5H3;6-9,13H,10-12H2,1-5H3;5-8,13,17H,9-12H2,1-4H3;6-9,13,17H,5,10-12H2,1-4H3;5-8,11,13,17H,9-10H2,1-4H3. The molecule has 6 heterocycles.